The van der Waals surface area contributed by atoms with E-state index in [1.807, 2.05) is 30.3 Å². The minimum Gasteiger partial charge on any atom is -0.457 e. The smallest absolute Gasteiger partial charge is 0.313 e. The number of hydrogen-bond acceptors (Lipinski definition) is 5. The van der Waals surface area contributed by atoms with Crippen molar-refractivity contribution in [3.63, 3.8) is 0 Å². The van der Waals surface area contributed by atoms with Crippen molar-refractivity contribution in [3.05, 3.63) is 54.6 Å². The highest BCUT2D eigenvalue weighted by molar-refractivity contribution is 6.39. The van der Waals surface area contributed by atoms with Crippen LogP contribution in [0.25, 0.3) is 0 Å². The Morgan fingerprint density at radius 1 is 0.893 bits per heavy atom. The maximum atomic E-state index is 12.4. The van der Waals surface area contributed by atoms with Gasteiger partial charge in [-0.25, -0.2) is 0 Å². The zero-order valence-corrected chi connectivity index (χ0v) is 15.4. The lowest BCUT2D eigenvalue weighted by atomic mass is 10.0. The lowest BCUT2D eigenvalue weighted by molar-refractivity contribution is -0.187. The molecular weight excluding hydrogens is 360 g/mol. The van der Waals surface area contributed by atoms with Crippen LogP contribution >= 0.6 is 0 Å². The van der Waals surface area contributed by atoms with E-state index in [0.717, 1.165) is 5.75 Å². The van der Waals surface area contributed by atoms with E-state index in [1.54, 1.807) is 29.2 Å². The van der Waals surface area contributed by atoms with Crippen LogP contribution in [0.15, 0.2) is 54.6 Å². The van der Waals surface area contributed by atoms with Crippen LogP contribution in [0, 0.1) is 0 Å². The van der Waals surface area contributed by atoms with E-state index < -0.39 is 17.6 Å². The number of anilines is 1. The third kappa shape index (κ3) is 4.16. The molecule has 2 fully saturated rings. The fraction of sp³-hybridized carbons (Fsp3) is 0.333. The van der Waals surface area contributed by atoms with E-state index in [4.69, 9.17) is 14.2 Å². The van der Waals surface area contributed by atoms with Crippen LogP contribution in [-0.4, -0.2) is 48.8 Å². The molecular formula is C21H22N2O5. The summed E-state index contributed by atoms with van der Waals surface area (Å²) in [4.78, 5) is 26.3. The van der Waals surface area contributed by atoms with Crippen molar-refractivity contribution in [1.82, 2.24) is 4.90 Å². The Hall–Kier alpha value is -2.90. The summed E-state index contributed by atoms with van der Waals surface area (Å²) in [5, 5.41) is 2.64. The Labute approximate surface area is 163 Å². The molecule has 2 aliphatic heterocycles. The van der Waals surface area contributed by atoms with E-state index in [0.29, 0.717) is 50.6 Å². The van der Waals surface area contributed by atoms with Crippen molar-refractivity contribution in [2.24, 2.45) is 0 Å². The van der Waals surface area contributed by atoms with Gasteiger partial charge in [-0.05, 0) is 36.4 Å². The molecule has 2 aliphatic rings. The van der Waals surface area contributed by atoms with E-state index in [9.17, 15) is 9.59 Å². The Morgan fingerprint density at radius 2 is 1.50 bits per heavy atom. The number of nitrogens with zero attached hydrogens (tertiary/aromatic N) is 1. The first-order valence-electron chi connectivity index (χ1n) is 9.35. The largest absolute Gasteiger partial charge is 0.457 e. The first-order chi connectivity index (χ1) is 13.6. The summed E-state index contributed by atoms with van der Waals surface area (Å²) < 4.78 is 17.0. The monoisotopic (exact) mass is 382 g/mol. The minimum absolute atomic E-state index is 0.441. The fourth-order valence-corrected chi connectivity index (χ4v) is 3.40. The molecule has 1 N–H and O–H groups in total. The van der Waals surface area contributed by atoms with Gasteiger partial charge in [0.15, 0.2) is 5.79 Å². The lowest BCUT2D eigenvalue weighted by Crippen LogP contribution is -2.50. The summed E-state index contributed by atoms with van der Waals surface area (Å²) >= 11 is 0. The molecule has 0 saturated carbocycles. The summed E-state index contributed by atoms with van der Waals surface area (Å²) in [5.74, 6) is -0.388. The molecule has 1 spiro atoms. The number of amides is 2. The highest BCUT2D eigenvalue weighted by atomic mass is 16.7. The van der Waals surface area contributed by atoms with Crippen molar-refractivity contribution < 1.29 is 23.8 Å². The van der Waals surface area contributed by atoms with Gasteiger partial charge < -0.3 is 24.4 Å². The van der Waals surface area contributed by atoms with Gasteiger partial charge in [-0.1, -0.05) is 18.2 Å². The van der Waals surface area contributed by atoms with Crippen molar-refractivity contribution >= 4 is 17.5 Å². The van der Waals surface area contributed by atoms with Crippen molar-refractivity contribution in [2.75, 3.05) is 31.6 Å². The van der Waals surface area contributed by atoms with Gasteiger partial charge in [-0.15, -0.1) is 0 Å². The standard InChI is InChI=1S/C21H22N2O5/c24-19(20(25)23-12-10-21(11-13-23)26-14-15-27-21)22-16-6-8-18(9-7-16)28-17-4-2-1-3-5-17/h1-9H,10-15H2,(H,22,24). The summed E-state index contributed by atoms with van der Waals surface area (Å²) in [5.41, 5.74) is 0.537. The number of rotatable bonds is 3. The highest BCUT2D eigenvalue weighted by Gasteiger charge is 2.41. The molecule has 0 aliphatic carbocycles. The van der Waals surface area contributed by atoms with Crippen LogP contribution in [-0.2, 0) is 19.1 Å². The molecule has 0 atom stereocenters. The minimum atomic E-state index is -0.652. The van der Waals surface area contributed by atoms with Crippen LogP contribution < -0.4 is 10.1 Å². The van der Waals surface area contributed by atoms with Crippen molar-refractivity contribution in [1.29, 1.82) is 0 Å². The molecule has 2 amide bonds. The topological polar surface area (TPSA) is 77.1 Å². The average molecular weight is 382 g/mol. The van der Waals surface area contributed by atoms with E-state index in [2.05, 4.69) is 5.32 Å². The summed E-state index contributed by atoms with van der Waals surface area (Å²) in [6, 6.07) is 16.3. The normalized spacial score (nSPS) is 18.1. The van der Waals surface area contributed by atoms with E-state index >= 15 is 0 Å². The van der Waals surface area contributed by atoms with Gasteiger partial charge >= 0.3 is 11.8 Å². The Bertz CT molecular complexity index is 822. The van der Waals surface area contributed by atoms with Gasteiger partial charge in [0.2, 0.25) is 0 Å². The number of nitrogens with one attached hydrogen (secondary N) is 1. The number of likely N-dealkylation sites (tertiary alicyclic amines) is 1. The third-order valence-electron chi connectivity index (χ3n) is 4.91. The second-order valence-corrected chi connectivity index (χ2v) is 6.79. The summed E-state index contributed by atoms with van der Waals surface area (Å²) in [6.07, 6.45) is 1.16. The molecule has 7 heteroatoms. The highest BCUT2D eigenvalue weighted by Crippen LogP contribution is 2.31. The molecule has 2 aromatic carbocycles. The number of benzene rings is 2. The summed E-state index contributed by atoms with van der Waals surface area (Å²) in [7, 11) is 0. The Balaban J connectivity index is 1.30. The Kier molecular flexibility index (Phi) is 5.27. The van der Waals surface area contributed by atoms with Crippen molar-refractivity contribution in [3.8, 4) is 11.5 Å². The number of para-hydroxylation sites is 1. The zero-order chi connectivity index (χ0) is 19.4. The fourth-order valence-electron chi connectivity index (χ4n) is 3.40. The summed E-state index contributed by atoms with van der Waals surface area (Å²) in [6.45, 7) is 2.04. The molecule has 0 radical (unpaired) electrons. The number of carbonyl (C=O) groups is 2. The first kappa shape index (κ1) is 18.5. The molecule has 4 rings (SSSR count). The maximum absolute atomic E-state index is 12.4. The third-order valence-corrected chi connectivity index (χ3v) is 4.91. The first-order valence-corrected chi connectivity index (χ1v) is 9.35. The predicted octanol–water partition coefficient (Wildman–Crippen LogP) is 2.78. The van der Waals surface area contributed by atoms with Crippen molar-refractivity contribution in [2.45, 2.75) is 18.6 Å². The Morgan fingerprint density at radius 3 is 2.14 bits per heavy atom. The van der Waals surface area contributed by atoms with Gasteiger partial charge in [-0.2, -0.15) is 0 Å². The molecule has 2 aromatic rings. The molecule has 2 saturated heterocycles. The van der Waals surface area contributed by atoms with Crippen LogP contribution in [0.1, 0.15) is 12.8 Å². The molecule has 28 heavy (non-hydrogen) atoms. The van der Waals surface area contributed by atoms with Crippen LogP contribution in [0.4, 0.5) is 5.69 Å². The SMILES string of the molecule is O=C(Nc1ccc(Oc2ccccc2)cc1)C(=O)N1CCC2(CC1)OCCO2. The van der Waals surface area contributed by atoms with Gasteiger partial charge in [0.25, 0.3) is 0 Å². The van der Waals surface area contributed by atoms with Crippen LogP contribution in [0.2, 0.25) is 0 Å². The molecule has 0 unspecified atom stereocenters. The van der Waals surface area contributed by atoms with Crippen LogP contribution in [0.3, 0.4) is 0 Å². The van der Waals surface area contributed by atoms with Gasteiger partial charge in [-0.3, -0.25) is 9.59 Å². The molecule has 0 bridgehead atoms. The molecule has 7 nitrogen and oxygen atoms in total. The quantitative estimate of drug-likeness (QED) is 0.826. The average Bonchev–Trinajstić information content (AvgIpc) is 3.18. The van der Waals surface area contributed by atoms with Crippen LogP contribution in [0.5, 0.6) is 11.5 Å². The van der Waals surface area contributed by atoms with Gasteiger partial charge in [0.1, 0.15) is 11.5 Å². The second-order valence-electron chi connectivity index (χ2n) is 6.79. The number of carbonyl (C=O) groups excluding carboxylic acids is 2. The maximum Gasteiger partial charge on any atom is 0.313 e. The zero-order valence-electron chi connectivity index (χ0n) is 15.4. The predicted molar refractivity (Wildman–Crippen MR) is 102 cm³/mol. The number of hydrogen-bond donors (Lipinski definition) is 1. The molecule has 146 valence electrons. The second kappa shape index (κ2) is 8.00. The number of ether oxygens (including phenoxy) is 3. The van der Waals surface area contributed by atoms with Gasteiger partial charge in [0.05, 0.1) is 13.2 Å². The molecule has 2 heterocycles. The van der Waals surface area contributed by atoms with E-state index in [1.165, 1.54) is 0 Å². The lowest BCUT2D eigenvalue weighted by Gasteiger charge is -2.37. The number of piperidine rings is 1. The molecule has 0 aromatic heterocycles. The van der Waals surface area contributed by atoms with E-state index in [-0.39, 0.29) is 0 Å². The van der Waals surface area contributed by atoms with Gasteiger partial charge in [0, 0.05) is 31.6 Å².